The lowest BCUT2D eigenvalue weighted by Crippen LogP contribution is -2.04. The van der Waals surface area contributed by atoms with Crippen LogP contribution in [0.5, 0.6) is 11.5 Å². The highest BCUT2D eigenvalue weighted by molar-refractivity contribution is 9.10. The standard InChI is InChI=1S/C12H15BrO4.C11H13BrO4/c1-15-6-3-7-17-11-8-9(12(14)16-2)4-5-10(11)13;1-15-5-2-6-16-10-7-8(11(13)14)3-4-9(10)12/h4-5,8H,3,6-7H2,1-2H3;3-4,7H,2,5-6H2,1H3,(H,13,14). The molecule has 0 unspecified atom stereocenters. The van der Waals surface area contributed by atoms with E-state index < -0.39 is 5.97 Å². The maximum atomic E-state index is 11.3. The Morgan fingerprint density at radius 2 is 1.21 bits per heavy atom. The second kappa shape index (κ2) is 16.5. The minimum Gasteiger partial charge on any atom is -0.492 e. The van der Waals surface area contributed by atoms with Crippen molar-refractivity contribution < 1.29 is 38.4 Å². The molecule has 2 rings (SSSR count). The van der Waals surface area contributed by atoms with Crippen molar-refractivity contribution in [1.82, 2.24) is 0 Å². The fourth-order valence-corrected chi connectivity index (χ4v) is 3.10. The summed E-state index contributed by atoms with van der Waals surface area (Å²) in [5.74, 6) is -0.173. The molecule has 0 aliphatic heterocycles. The molecule has 182 valence electrons. The van der Waals surface area contributed by atoms with Crippen molar-refractivity contribution in [2.24, 2.45) is 0 Å². The fraction of sp³-hybridized carbons (Fsp3) is 0.391. The zero-order valence-corrected chi connectivity index (χ0v) is 21.9. The van der Waals surface area contributed by atoms with Crippen molar-refractivity contribution in [2.45, 2.75) is 12.8 Å². The molecule has 33 heavy (non-hydrogen) atoms. The number of halogens is 2. The quantitative estimate of drug-likeness (QED) is 0.265. The molecule has 0 saturated carbocycles. The molecule has 0 atom stereocenters. The number of carbonyl (C=O) groups is 2. The minimum absolute atomic E-state index is 0.213. The van der Waals surface area contributed by atoms with Gasteiger partial charge in [-0.1, -0.05) is 0 Å². The maximum Gasteiger partial charge on any atom is 0.337 e. The zero-order valence-electron chi connectivity index (χ0n) is 18.8. The number of carboxylic acids is 1. The van der Waals surface area contributed by atoms with Gasteiger partial charge in [-0.25, -0.2) is 9.59 Å². The van der Waals surface area contributed by atoms with Gasteiger partial charge in [0.1, 0.15) is 11.5 Å². The summed E-state index contributed by atoms with van der Waals surface area (Å²) in [7, 11) is 4.62. The Balaban J connectivity index is 0.000000331. The summed E-state index contributed by atoms with van der Waals surface area (Å²) < 4.78 is 27.0. The highest BCUT2D eigenvalue weighted by atomic mass is 79.9. The third-order valence-electron chi connectivity index (χ3n) is 4.03. The number of carbonyl (C=O) groups excluding carboxylic acids is 1. The Kier molecular flexibility index (Phi) is 14.4. The third kappa shape index (κ3) is 11.0. The van der Waals surface area contributed by atoms with Crippen LogP contribution in [0.4, 0.5) is 0 Å². The van der Waals surface area contributed by atoms with Crippen LogP contribution in [-0.4, -0.2) is 64.8 Å². The van der Waals surface area contributed by atoms with Gasteiger partial charge in [0.15, 0.2) is 0 Å². The Bertz CT molecular complexity index is 889. The predicted octanol–water partition coefficient (Wildman–Crippen LogP) is 5.21. The lowest BCUT2D eigenvalue weighted by molar-refractivity contribution is 0.0599. The van der Waals surface area contributed by atoms with Crippen LogP contribution in [0.1, 0.15) is 33.6 Å². The van der Waals surface area contributed by atoms with Crippen molar-refractivity contribution in [3.05, 3.63) is 56.5 Å². The summed E-state index contributed by atoms with van der Waals surface area (Å²) in [6, 6.07) is 9.78. The molecule has 2 aromatic carbocycles. The number of ether oxygens (including phenoxy) is 5. The first-order chi connectivity index (χ1) is 15.8. The smallest absolute Gasteiger partial charge is 0.337 e. The second-order valence-electron chi connectivity index (χ2n) is 6.48. The summed E-state index contributed by atoms with van der Waals surface area (Å²) in [5, 5.41) is 8.82. The van der Waals surface area contributed by atoms with Crippen LogP contribution in [0.25, 0.3) is 0 Å². The van der Waals surface area contributed by atoms with Gasteiger partial charge in [-0.3, -0.25) is 0 Å². The number of esters is 1. The lowest BCUT2D eigenvalue weighted by Gasteiger charge is -2.09. The molecule has 0 bridgehead atoms. The number of rotatable bonds is 12. The third-order valence-corrected chi connectivity index (χ3v) is 5.34. The van der Waals surface area contributed by atoms with Crippen molar-refractivity contribution in [2.75, 3.05) is 47.8 Å². The first-order valence-electron chi connectivity index (χ1n) is 9.98. The van der Waals surface area contributed by atoms with Crippen LogP contribution in [-0.2, 0) is 14.2 Å². The van der Waals surface area contributed by atoms with E-state index in [4.69, 9.17) is 24.1 Å². The molecule has 0 fully saturated rings. The molecule has 0 saturated heterocycles. The van der Waals surface area contributed by atoms with Crippen LogP contribution >= 0.6 is 31.9 Å². The van der Waals surface area contributed by atoms with Gasteiger partial charge in [0.25, 0.3) is 0 Å². The van der Waals surface area contributed by atoms with Crippen molar-refractivity contribution in [1.29, 1.82) is 0 Å². The SMILES string of the molecule is COCCCOc1cc(C(=O)O)ccc1Br.COCCCOc1cc(C(=O)OC)ccc1Br. The Hall–Kier alpha value is -2.14. The molecule has 0 radical (unpaired) electrons. The summed E-state index contributed by atoms with van der Waals surface area (Å²) >= 11 is 6.66. The largest absolute Gasteiger partial charge is 0.492 e. The topological polar surface area (TPSA) is 101 Å². The molecular formula is C23H28Br2O8. The van der Waals surface area contributed by atoms with E-state index in [1.165, 1.54) is 19.2 Å². The second-order valence-corrected chi connectivity index (χ2v) is 8.19. The van der Waals surface area contributed by atoms with Gasteiger partial charge in [0.2, 0.25) is 0 Å². The Labute approximate surface area is 210 Å². The van der Waals surface area contributed by atoms with E-state index in [1.807, 2.05) is 0 Å². The van der Waals surface area contributed by atoms with Gasteiger partial charge in [-0.2, -0.15) is 0 Å². The average molecular weight is 592 g/mol. The highest BCUT2D eigenvalue weighted by Gasteiger charge is 2.10. The number of carboxylic acid groups (broad SMARTS) is 1. The highest BCUT2D eigenvalue weighted by Crippen LogP contribution is 2.27. The van der Waals surface area contributed by atoms with E-state index in [0.717, 1.165) is 21.8 Å². The van der Waals surface area contributed by atoms with E-state index in [2.05, 4.69) is 36.6 Å². The van der Waals surface area contributed by atoms with E-state index >= 15 is 0 Å². The minimum atomic E-state index is -0.964. The fourth-order valence-electron chi connectivity index (χ4n) is 2.38. The van der Waals surface area contributed by atoms with E-state index in [0.29, 0.717) is 43.5 Å². The Morgan fingerprint density at radius 3 is 1.64 bits per heavy atom. The van der Waals surface area contributed by atoms with Crippen molar-refractivity contribution in [3.8, 4) is 11.5 Å². The molecule has 0 heterocycles. The monoisotopic (exact) mass is 590 g/mol. The molecule has 0 aromatic heterocycles. The first kappa shape index (κ1) is 28.9. The predicted molar refractivity (Wildman–Crippen MR) is 131 cm³/mol. The summed E-state index contributed by atoms with van der Waals surface area (Å²) in [6.45, 7) is 2.30. The number of benzene rings is 2. The molecule has 1 N–H and O–H groups in total. The van der Waals surface area contributed by atoms with Gasteiger partial charge in [-0.05, 0) is 68.3 Å². The number of hydrogen-bond donors (Lipinski definition) is 1. The lowest BCUT2D eigenvalue weighted by atomic mass is 10.2. The molecule has 0 aliphatic carbocycles. The van der Waals surface area contributed by atoms with Crippen molar-refractivity contribution in [3.63, 3.8) is 0 Å². The zero-order chi connectivity index (χ0) is 24.6. The maximum absolute atomic E-state index is 11.3. The molecule has 2 aromatic rings. The van der Waals surface area contributed by atoms with Gasteiger partial charge in [0.05, 0.1) is 40.4 Å². The van der Waals surface area contributed by atoms with Gasteiger partial charge in [0, 0.05) is 40.3 Å². The summed E-state index contributed by atoms with van der Waals surface area (Å²) in [4.78, 5) is 22.1. The van der Waals surface area contributed by atoms with Crippen LogP contribution in [0, 0.1) is 0 Å². The summed E-state index contributed by atoms with van der Waals surface area (Å²) in [6.07, 6.45) is 1.56. The van der Waals surface area contributed by atoms with Crippen LogP contribution in [0.15, 0.2) is 45.3 Å². The number of hydrogen-bond acceptors (Lipinski definition) is 7. The Morgan fingerprint density at radius 1 is 0.758 bits per heavy atom. The van der Waals surface area contributed by atoms with E-state index in [1.54, 1.807) is 38.5 Å². The molecule has 8 nitrogen and oxygen atoms in total. The summed E-state index contributed by atoms with van der Waals surface area (Å²) in [5.41, 5.74) is 0.683. The number of methoxy groups -OCH3 is 3. The molecular weight excluding hydrogens is 564 g/mol. The van der Waals surface area contributed by atoms with E-state index in [9.17, 15) is 9.59 Å². The van der Waals surface area contributed by atoms with Gasteiger partial charge < -0.3 is 28.8 Å². The van der Waals surface area contributed by atoms with Crippen LogP contribution in [0.2, 0.25) is 0 Å². The average Bonchev–Trinajstić information content (AvgIpc) is 2.81. The molecule has 10 heteroatoms. The first-order valence-corrected chi connectivity index (χ1v) is 11.6. The molecule has 0 aliphatic rings. The van der Waals surface area contributed by atoms with E-state index in [-0.39, 0.29) is 11.5 Å². The van der Waals surface area contributed by atoms with Gasteiger partial charge >= 0.3 is 11.9 Å². The van der Waals surface area contributed by atoms with Gasteiger partial charge in [-0.15, -0.1) is 0 Å². The normalized spacial score (nSPS) is 10.1. The molecule has 0 spiro atoms. The van der Waals surface area contributed by atoms with Crippen LogP contribution < -0.4 is 9.47 Å². The van der Waals surface area contributed by atoms with Crippen LogP contribution in [0.3, 0.4) is 0 Å². The molecule has 0 amide bonds. The number of aromatic carboxylic acids is 1. The van der Waals surface area contributed by atoms with Crippen molar-refractivity contribution >= 4 is 43.8 Å².